The average Bonchev–Trinajstić information content (AvgIpc) is 0.918. The van der Waals surface area contributed by atoms with Crippen molar-refractivity contribution in [2.75, 3.05) is 0 Å². The van der Waals surface area contributed by atoms with Crippen molar-refractivity contribution in [3.8, 4) is 0 Å². The topological polar surface area (TPSA) is 0 Å². The molecular formula is CuI3-. The maximum absolute atomic E-state index is 2.39. The van der Waals surface area contributed by atoms with Gasteiger partial charge < -0.3 is 0 Å². The van der Waals surface area contributed by atoms with E-state index in [4.69, 9.17) is 0 Å². The Hall–Kier alpha value is 2.71. The average molecular weight is 444 g/mol. The Balaban J connectivity index is 0. The molecule has 0 saturated heterocycles. The standard InChI is InChI=1S/Cu.I3/c;1-3-2/q;-1. The van der Waals surface area contributed by atoms with Crippen LogP contribution in [-0.2, 0) is 17.1 Å². The zero-order valence-corrected chi connectivity index (χ0v) is 8.85. The van der Waals surface area contributed by atoms with E-state index >= 15 is 0 Å². The minimum absolute atomic E-state index is 0. The van der Waals surface area contributed by atoms with Crippen LogP contribution < -0.4 is 13.3 Å². The van der Waals surface area contributed by atoms with E-state index in [2.05, 4.69) is 37.2 Å². The fourth-order valence-electron chi connectivity index (χ4n) is 0. The van der Waals surface area contributed by atoms with Gasteiger partial charge in [-0.05, 0) is 0 Å². The molecule has 0 nitrogen and oxygen atoms in total. The predicted molar refractivity (Wildman–Crippen MR) is 28.0 cm³/mol. The van der Waals surface area contributed by atoms with Crippen LogP contribution in [0.1, 0.15) is 0 Å². The summed E-state index contributed by atoms with van der Waals surface area (Å²) in [7, 11) is 0. The summed E-state index contributed by atoms with van der Waals surface area (Å²) in [6, 6.07) is 0. The minimum atomic E-state index is 0. The Labute approximate surface area is 66.0 Å². The monoisotopic (exact) mass is 444 g/mol. The molecule has 0 N–H and O–H groups in total. The maximum Gasteiger partial charge on any atom is 0 e. The summed E-state index contributed by atoms with van der Waals surface area (Å²) in [4.78, 5) is 0. The fourth-order valence-corrected chi connectivity index (χ4v) is 0. The van der Waals surface area contributed by atoms with Crippen LogP contribution in [0.25, 0.3) is 0 Å². The van der Waals surface area contributed by atoms with Gasteiger partial charge in [0.15, 0.2) is 0 Å². The number of hydrogen-bond donors (Lipinski definition) is 0. The molecule has 0 unspecified atom stereocenters. The van der Waals surface area contributed by atoms with Crippen LogP contribution in [0.15, 0.2) is 0 Å². The largest absolute Gasteiger partial charge is 0 e. The van der Waals surface area contributed by atoms with Crippen molar-refractivity contribution in [3.05, 3.63) is 0 Å². The molecule has 0 heterocycles. The molecular weight excluding hydrogens is 444 g/mol. The molecule has 0 aliphatic carbocycles. The molecule has 0 fully saturated rings. The van der Waals surface area contributed by atoms with E-state index in [0.717, 1.165) is 0 Å². The van der Waals surface area contributed by atoms with E-state index in [0.29, 0.717) is 13.3 Å². The minimum Gasteiger partial charge on any atom is 0 e. The molecule has 0 aromatic rings. The Kier molecular flexibility index (Phi) is 22.7. The SMILES string of the molecule is I[I-]I.[Cu]. The summed E-state index contributed by atoms with van der Waals surface area (Å²) in [6.45, 7) is 0. The van der Waals surface area contributed by atoms with E-state index in [1.165, 1.54) is 0 Å². The Morgan fingerprint density at radius 1 is 1.25 bits per heavy atom. The molecule has 1 radical (unpaired) electrons. The second kappa shape index (κ2) is 9.20. The quantitative estimate of drug-likeness (QED) is 0.325. The first-order chi connectivity index (χ1) is 1.41. The maximum atomic E-state index is 2.39. The third-order valence-corrected chi connectivity index (χ3v) is 0. The molecule has 33 valence electrons. The van der Waals surface area contributed by atoms with E-state index in [-0.39, 0.29) is 17.1 Å². The van der Waals surface area contributed by atoms with Crippen LogP contribution >= 0.6 is 37.2 Å². The van der Waals surface area contributed by atoms with E-state index in [1.807, 2.05) is 0 Å². The van der Waals surface area contributed by atoms with E-state index in [1.54, 1.807) is 0 Å². The molecule has 4 heteroatoms. The molecule has 0 aromatic heterocycles. The summed E-state index contributed by atoms with van der Waals surface area (Å²) in [5.74, 6) is 0. The van der Waals surface area contributed by atoms with Crippen molar-refractivity contribution >= 4 is 37.2 Å². The summed E-state index contributed by atoms with van der Waals surface area (Å²) < 4.78 is 0. The number of rotatable bonds is 0. The predicted octanol–water partition coefficient (Wildman–Crippen LogP) is -1.23. The van der Waals surface area contributed by atoms with Gasteiger partial charge in [-0.2, -0.15) is 0 Å². The van der Waals surface area contributed by atoms with Crippen LogP contribution in [0.2, 0.25) is 0 Å². The first-order valence-corrected chi connectivity index (χ1v) is 12.9. The van der Waals surface area contributed by atoms with Crippen LogP contribution in [0.4, 0.5) is 0 Å². The van der Waals surface area contributed by atoms with Gasteiger partial charge in [-0.1, -0.05) is 0 Å². The molecule has 0 bridgehead atoms. The van der Waals surface area contributed by atoms with E-state index < -0.39 is 0 Å². The van der Waals surface area contributed by atoms with Crippen LogP contribution in [0, 0.1) is 0 Å². The van der Waals surface area contributed by atoms with Gasteiger partial charge in [0.1, 0.15) is 0 Å². The molecule has 0 amide bonds. The second-order valence-corrected chi connectivity index (χ2v) is 16.3. The number of hydrogen-bond acceptors (Lipinski definition) is 0. The smallest absolute Gasteiger partial charge is 0 e. The molecule has 0 aromatic carbocycles. The van der Waals surface area contributed by atoms with Crippen molar-refractivity contribution in [1.82, 2.24) is 0 Å². The summed E-state index contributed by atoms with van der Waals surface area (Å²) >= 11 is 5.30. The first-order valence-electron chi connectivity index (χ1n) is 0.286. The molecule has 0 aliphatic heterocycles. The summed E-state index contributed by atoms with van der Waals surface area (Å²) in [5, 5.41) is 0. The Morgan fingerprint density at radius 3 is 1.25 bits per heavy atom. The summed E-state index contributed by atoms with van der Waals surface area (Å²) in [6.07, 6.45) is 0. The van der Waals surface area contributed by atoms with E-state index in [9.17, 15) is 0 Å². The molecule has 0 aliphatic rings. The van der Waals surface area contributed by atoms with Gasteiger partial charge in [-0.3, -0.25) is 0 Å². The third-order valence-electron chi connectivity index (χ3n) is 0. The molecule has 0 spiro atoms. The zero-order valence-electron chi connectivity index (χ0n) is 1.44. The van der Waals surface area contributed by atoms with Crippen molar-refractivity contribution in [2.24, 2.45) is 0 Å². The Bertz CT molecular complexity index is 3.25. The van der Waals surface area contributed by atoms with Gasteiger partial charge in [0, 0.05) is 17.1 Å². The van der Waals surface area contributed by atoms with Gasteiger partial charge in [0.05, 0.1) is 0 Å². The van der Waals surface area contributed by atoms with Crippen LogP contribution in [-0.4, -0.2) is 0 Å². The molecule has 0 atom stereocenters. The van der Waals surface area contributed by atoms with Gasteiger partial charge in [-0.15, -0.1) is 0 Å². The summed E-state index contributed by atoms with van der Waals surface area (Å²) in [5.41, 5.74) is 0. The third kappa shape index (κ3) is 8.83. The van der Waals surface area contributed by atoms with Crippen molar-refractivity contribution in [1.29, 1.82) is 0 Å². The fraction of sp³-hybridized carbons (Fsp3) is 0. The van der Waals surface area contributed by atoms with Gasteiger partial charge >= 0.3 is 50.5 Å². The second-order valence-electron chi connectivity index (χ2n) is 0.0540. The Morgan fingerprint density at radius 2 is 1.25 bits per heavy atom. The van der Waals surface area contributed by atoms with Crippen LogP contribution in [0.5, 0.6) is 0 Å². The van der Waals surface area contributed by atoms with Gasteiger partial charge in [-0.25, -0.2) is 0 Å². The van der Waals surface area contributed by atoms with Crippen molar-refractivity contribution < 1.29 is 30.3 Å². The van der Waals surface area contributed by atoms with Crippen LogP contribution in [0.3, 0.4) is 0 Å². The van der Waals surface area contributed by atoms with Crippen molar-refractivity contribution in [2.45, 2.75) is 0 Å². The molecule has 0 rings (SSSR count). The first kappa shape index (κ1) is 9.86. The normalized spacial score (nSPS) is 5.50. The zero-order chi connectivity index (χ0) is 2.71. The number of halogens is 3. The molecule has 0 saturated carbocycles. The van der Waals surface area contributed by atoms with Gasteiger partial charge in [0.25, 0.3) is 0 Å². The molecule has 4 heavy (non-hydrogen) atoms. The van der Waals surface area contributed by atoms with Gasteiger partial charge in [0.2, 0.25) is 0 Å². The van der Waals surface area contributed by atoms with Crippen molar-refractivity contribution in [3.63, 3.8) is 0 Å².